The molecular formula is C11H11F3N2O. The molecule has 92 valence electrons. The SMILES string of the molecule is O=NN(CC1CC1)c1ccc(C(F)(F)F)cc1. The lowest BCUT2D eigenvalue weighted by atomic mass is 10.2. The van der Waals surface area contributed by atoms with Crippen LogP contribution in [-0.2, 0) is 6.18 Å². The summed E-state index contributed by atoms with van der Waals surface area (Å²) in [6.45, 7) is 0.481. The number of hydrogen-bond donors (Lipinski definition) is 0. The van der Waals surface area contributed by atoms with Crippen LogP contribution in [0.1, 0.15) is 18.4 Å². The number of nitroso groups, excluding NO2 is 1. The average molecular weight is 244 g/mol. The van der Waals surface area contributed by atoms with E-state index >= 15 is 0 Å². The first kappa shape index (κ1) is 11.9. The molecule has 0 bridgehead atoms. The zero-order chi connectivity index (χ0) is 12.5. The van der Waals surface area contributed by atoms with E-state index in [9.17, 15) is 18.1 Å². The number of hydrogen-bond acceptors (Lipinski definition) is 2. The zero-order valence-corrected chi connectivity index (χ0v) is 8.94. The molecule has 1 aromatic rings. The first-order valence-corrected chi connectivity index (χ1v) is 5.29. The van der Waals surface area contributed by atoms with Gasteiger partial charge in [-0.25, -0.2) is 5.01 Å². The van der Waals surface area contributed by atoms with Crippen molar-refractivity contribution in [3.63, 3.8) is 0 Å². The second-order valence-corrected chi connectivity index (χ2v) is 4.15. The molecule has 2 rings (SSSR count). The van der Waals surface area contributed by atoms with Crippen LogP contribution < -0.4 is 5.01 Å². The molecule has 1 aliphatic carbocycles. The van der Waals surface area contributed by atoms with Gasteiger partial charge in [-0.3, -0.25) is 0 Å². The van der Waals surface area contributed by atoms with E-state index in [1.165, 1.54) is 17.1 Å². The van der Waals surface area contributed by atoms with Gasteiger partial charge in [0.25, 0.3) is 0 Å². The van der Waals surface area contributed by atoms with Crippen LogP contribution >= 0.6 is 0 Å². The molecule has 0 aliphatic heterocycles. The van der Waals surface area contributed by atoms with Crippen LogP contribution in [0.4, 0.5) is 18.9 Å². The maximum atomic E-state index is 12.3. The van der Waals surface area contributed by atoms with Crippen LogP contribution in [0.3, 0.4) is 0 Å². The normalized spacial score (nSPS) is 15.7. The molecule has 0 N–H and O–H groups in total. The Balaban J connectivity index is 2.12. The van der Waals surface area contributed by atoms with Gasteiger partial charge in [0.05, 0.1) is 16.5 Å². The lowest BCUT2D eigenvalue weighted by molar-refractivity contribution is -0.137. The predicted octanol–water partition coefficient (Wildman–Crippen LogP) is 3.60. The summed E-state index contributed by atoms with van der Waals surface area (Å²) in [5, 5.41) is 4.04. The lowest BCUT2D eigenvalue weighted by Crippen LogP contribution is -2.18. The maximum Gasteiger partial charge on any atom is 0.416 e. The van der Waals surface area contributed by atoms with Gasteiger partial charge in [0, 0.05) is 6.54 Å². The summed E-state index contributed by atoms with van der Waals surface area (Å²) in [7, 11) is 0. The quantitative estimate of drug-likeness (QED) is 0.598. The molecule has 0 saturated heterocycles. The highest BCUT2D eigenvalue weighted by molar-refractivity contribution is 5.47. The number of halogens is 3. The fourth-order valence-corrected chi connectivity index (χ4v) is 1.55. The largest absolute Gasteiger partial charge is 0.416 e. The van der Waals surface area contributed by atoms with Crippen molar-refractivity contribution in [2.24, 2.45) is 11.2 Å². The molecular weight excluding hydrogens is 233 g/mol. The van der Waals surface area contributed by atoms with Gasteiger partial charge in [0.1, 0.15) is 0 Å². The van der Waals surface area contributed by atoms with Gasteiger partial charge in [0.15, 0.2) is 0 Å². The van der Waals surface area contributed by atoms with E-state index in [0.29, 0.717) is 18.2 Å². The maximum absolute atomic E-state index is 12.3. The molecule has 0 aromatic heterocycles. The molecule has 3 nitrogen and oxygen atoms in total. The highest BCUT2D eigenvalue weighted by Gasteiger charge is 2.30. The van der Waals surface area contributed by atoms with Crippen molar-refractivity contribution >= 4 is 5.69 Å². The second-order valence-electron chi connectivity index (χ2n) is 4.15. The van der Waals surface area contributed by atoms with Crippen LogP contribution in [0, 0.1) is 10.8 Å². The average Bonchev–Trinajstić information content (AvgIpc) is 3.09. The van der Waals surface area contributed by atoms with E-state index in [0.717, 1.165) is 25.0 Å². The van der Waals surface area contributed by atoms with E-state index in [2.05, 4.69) is 5.29 Å². The molecule has 0 atom stereocenters. The Morgan fingerprint density at radius 3 is 2.24 bits per heavy atom. The molecule has 0 amide bonds. The van der Waals surface area contributed by atoms with Crippen molar-refractivity contribution in [3.8, 4) is 0 Å². The molecule has 0 radical (unpaired) electrons. The summed E-state index contributed by atoms with van der Waals surface area (Å²) in [5.74, 6) is 0.440. The monoisotopic (exact) mass is 244 g/mol. The lowest BCUT2D eigenvalue weighted by Gasteiger charge is -2.15. The smallest absolute Gasteiger partial charge is 0.229 e. The first-order valence-electron chi connectivity index (χ1n) is 5.29. The molecule has 1 fully saturated rings. The summed E-state index contributed by atoms with van der Waals surface area (Å²) in [6.07, 6.45) is -2.26. The topological polar surface area (TPSA) is 32.7 Å². The van der Waals surface area contributed by atoms with Crippen LogP contribution in [-0.4, -0.2) is 6.54 Å². The fourth-order valence-electron chi connectivity index (χ4n) is 1.55. The van der Waals surface area contributed by atoms with Crippen molar-refractivity contribution in [3.05, 3.63) is 34.7 Å². The number of nitrogens with zero attached hydrogens (tertiary/aromatic N) is 2. The zero-order valence-electron chi connectivity index (χ0n) is 8.94. The van der Waals surface area contributed by atoms with Crippen molar-refractivity contribution in [1.29, 1.82) is 0 Å². The number of benzene rings is 1. The standard InChI is InChI=1S/C11H11F3N2O/c12-11(13,14)9-3-5-10(6-4-9)16(15-17)7-8-1-2-8/h3-6,8H,1-2,7H2. The predicted molar refractivity (Wildman–Crippen MR) is 57.3 cm³/mol. The van der Waals surface area contributed by atoms with Gasteiger partial charge in [-0.15, -0.1) is 4.91 Å². The van der Waals surface area contributed by atoms with E-state index in [1.54, 1.807) is 0 Å². The third-order valence-electron chi connectivity index (χ3n) is 2.72. The molecule has 1 saturated carbocycles. The first-order chi connectivity index (χ1) is 8.00. The minimum atomic E-state index is -4.35. The molecule has 1 aromatic carbocycles. The molecule has 0 spiro atoms. The van der Waals surface area contributed by atoms with Crippen LogP contribution in [0.25, 0.3) is 0 Å². The van der Waals surface area contributed by atoms with Gasteiger partial charge in [-0.05, 0) is 43.0 Å². The number of alkyl halides is 3. The third kappa shape index (κ3) is 2.95. The van der Waals surface area contributed by atoms with Gasteiger partial charge in [-0.2, -0.15) is 13.2 Å². The van der Waals surface area contributed by atoms with Crippen LogP contribution in [0.5, 0.6) is 0 Å². The minimum absolute atomic E-state index is 0.403. The Kier molecular flexibility index (Phi) is 3.04. The number of anilines is 1. The Bertz CT molecular complexity index is 398. The van der Waals surface area contributed by atoms with Crippen LogP contribution in [0.15, 0.2) is 29.6 Å². The summed E-state index contributed by atoms with van der Waals surface area (Å²) in [4.78, 5) is 10.6. The second kappa shape index (κ2) is 4.35. The van der Waals surface area contributed by atoms with E-state index < -0.39 is 11.7 Å². The van der Waals surface area contributed by atoms with Gasteiger partial charge in [-0.1, -0.05) is 0 Å². The summed E-state index contributed by atoms with van der Waals surface area (Å²) < 4.78 is 37.0. The fraction of sp³-hybridized carbons (Fsp3) is 0.455. The third-order valence-corrected chi connectivity index (χ3v) is 2.72. The molecule has 6 heteroatoms. The van der Waals surface area contributed by atoms with Gasteiger partial charge >= 0.3 is 6.18 Å². The Morgan fingerprint density at radius 2 is 1.82 bits per heavy atom. The summed E-state index contributed by atoms with van der Waals surface area (Å²) in [6, 6.07) is 4.46. The van der Waals surface area contributed by atoms with Crippen molar-refractivity contribution in [2.45, 2.75) is 19.0 Å². The van der Waals surface area contributed by atoms with E-state index in [1.807, 2.05) is 0 Å². The molecule has 1 aliphatic rings. The Labute approximate surface area is 96.2 Å². The Morgan fingerprint density at radius 1 is 1.24 bits per heavy atom. The van der Waals surface area contributed by atoms with Gasteiger partial charge < -0.3 is 0 Å². The Hall–Kier alpha value is -1.59. The summed E-state index contributed by atoms with van der Waals surface area (Å²) in [5.41, 5.74) is -0.321. The van der Waals surface area contributed by atoms with Gasteiger partial charge in [0.2, 0.25) is 0 Å². The molecule has 17 heavy (non-hydrogen) atoms. The van der Waals surface area contributed by atoms with Crippen molar-refractivity contribution < 1.29 is 13.2 Å². The molecule has 0 heterocycles. The summed E-state index contributed by atoms with van der Waals surface area (Å²) >= 11 is 0. The van der Waals surface area contributed by atoms with Crippen LogP contribution in [0.2, 0.25) is 0 Å². The highest BCUT2D eigenvalue weighted by atomic mass is 19.4. The van der Waals surface area contributed by atoms with Crippen molar-refractivity contribution in [2.75, 3.05) is 11.6 Å². The van der Waals surface area contributed by atoms with E-state index in [4.69, 9.17) is 0 Å². The highest BCUT2D eigenvalue weighted by Crippen LogP contribution is 2.33. The molecule has 0 unspecified atom stereocenters. The van der Waals surface area contributed by atoms with Crippen molar-refractivity contribution in [1.82, 2.24) is 0 Å². The number of rotatable bonds is 4. The van der Waals surface area contributed by atoms with E-state index in [-0.39, 0.29) is 0 Å². The minimum Gasteiger partial charge on any atom is -0.229 e.